The molecule has 1 atom stereocenters. The van der Waals surface area contributed by atoms with Crippen LogP contribution in [0.5, 0.6) is 0 Å². The number of urea groups is 1. The van der Waals surface area contributed by atoms with Gasteiger partial charge in [-0.3, -0.25) is 14.7 Å². The van der Waals surface area contributed by atoms with Gasteiger partial charge >= 0.3 is 6.03 Å². The van der Waals surface area contributed by atoms with E-state index in [9.17, 15) is 9.59 Å². The van der Waals surface area contributed by atoms with E-state index in [1.165, 1.54) is 36.1 Å². The molecule has 0 N–H and O–H groups in total. The van der Waals surface area contributed by atoms with Crippen molar-refractivity contribution < 1.29 is 9.59 Å². The topological polar surface area (TPSA) is 56.8 Å². The minimum atomic E-state index is -0.735. The maximum absolute atomic E-state index is 13.9. The molecule has 1 aromatic carbocycles. The number of likely N-dealkylation sites (tertiary alicyclic amines) is 1. The van der Waals surface area contributed by atoms with E-state index in [1.807, 2.05) is 41.3 Å². The van der Waals surface area contributed by atoms with Crippen LogP contribution < -0.4 is 0 Å². The first kappa shape index (κ1) is 24.0. The number of aromatic nitrogens is 1. The fourth-order valence-electron chi connectivity index (χ4n) is 6.48. The van der Waals surface area contributed by atoms with Gasteiger partial charge in [0.15, 0.2) is 0 Å². The van der Waals surface area contributed by atoms with Crippen LogP contribution in [0.3, 0.4) is 0 Å². The Morgan fingerprint density at radius 3 is 2.40 bits per heavy atom. The van der Waals surface area contributed by atoms with E-state index in [-0.39, 0.29) is 18.5 Å². The quantitative estimate of drug-likeness (QED) is 0.559. The van der Waals surface area contributed by atoms with Crippen molar-refractivity contribution in [3.8, 4) is 0 Å². The number of rotatable bonds is 6. The summed E-state index contributed by atoms with van der Waals surface area (Å²) in [5, 5.41) is 0. The van der Waals surface area contributed by atoms with Gasteiger partial charge in [0, 0.05) is 31.9 Å². The predicted molar refractivity (Wildman–Crippen MR) is 137 cm³/mol. The third kappa shape index (κ3) is 4.86. The number of nitrogens with zero attached hydrogens (tertiary/aromatic N) is 4. The molecule has 1 aliphatic carbocycles. The molecule has 2 aliphatic heterocycles. The van der Waals surface area contributed by atoms with Gasteiger partial charge in [0.1, 0.15) is 5.54 Å². The normalized spacial score (nSPS) is 24.3. The molecule has 0 unspecified atom stereocenters. The van der Waals surface area contributed by atoms with Crippen LogP contribution in [-0.2, 0) is 17.8 Å². The smallest absolute Gasteiger partial charge is 0.309 e. The zero-order valence-corrected chi connectivity index (χ0v) is 21.2. The van der Waals surface area contributed by atoms with Crippen molar-refractivity contribution in [3.63, 3.8) is 0 Å². The van der Waals surface area contributed by atoms with Crippen LogP contribution in [0.2, 0.25) is 0 Å². The first-order valence-electron chi connectivity index (χ1n) is 13.2. The summed E-state index contributed by atoms with van der Waals surface area (Å²) in [7, 11) is 0. The maximum Gasteiger partial charge on any atom is 0.328 e. The van der Waals surface area contributed by atoms with Gasteiger partial charge in [0.05, 0.1) is 12.2 Å². The van der Waals surface area contributed by atoms with Crippen LogP contribution in [0.15, 0.2) is 54.7 Å². The lowest BCUT2D eigenvalue weighted by molar-refractivity contribution is -0.136. The first-order valence-corrected chi connectivity index (χ1v) is 13.2. The van der Waals surface area contributed by atoms with Crippen LogP contribution in [0.25, 0.3) is 0 Å². The molecule has 0 bridgehead atoms. The van der Waals surface area contributed by atoms with Gasteiger partial charge in [-0.2, -0.15) is 0 Å². The van der Waals surface area contributed by atoms with Crippen LogP contribution in [0, 0.1) is 5.41 Å². The predicted octanol–water partition coefficient (Wildman–Crippen LogP) is 4.89. The summed E-state index contributed by atoms with van der Waals surface area (Å²) in [4.78, 5) is 37.9. The van der Waals surface area contributed by atoms with Crippen molar-refractivity contribution in [2.24, 2.45) is 5.41 Å². The second-order valence-corrected chi connectivity index (χ2v) is 11.4. The second kappa shape index (κ2) is 9.73. The number of hydrogen-bond acceptors (Lipinski definition) is 4. The van der Waals surface area contributed by atoms with E-state index in [0.717, 1.165) is 25.2 Å². The van der Waals surface area contributed by atoms with Gasteiger partial charge in [0.2, 0.25) is 0 Å². The fourth-order valence-corrected chi connectivity index (χ4v) is 6.48. The number of pyridine rings is 1. The number of hydrogen-bond donors (Lipinski definition) is 0. The van der Waals surface area contributed by atoms with Gasteiger partial charge < -0.3 is 9.80 Å². The molecule has 3 aliphatic rings. The van der Waals surface area contributed by atoms with Crippen molar-refractivity contribution in [3.05, 3.63) is 66.0 Å². The summed E-state index contributed by atoms with van der Waals surface area (Å²) in [5.41, 5.74) is 1.59. The number of imide groups is 1. The highest BCUT2D eigenvalue weighted by Crippen LogP contribution is 2.42. The van der Waals surface area contributed by atoms with Crippen LogP contribution in [0.1, 0.15) is 63.6 Å². The van der Waals surface area contributed by atoms with Gasteiger partial charge in [-0.25, -0.2) is 4.79 Å². The molecular weight excluding hydrogens is 436 g/mol. The molecule has 1 spiro atoms. The van der Waals surface area contributed by atoms with E-state index < -0.39 is 5.54 Å². The SMILES string of the molecule is CC1(C)CCC[C@H](N2CCC3(CC2)C(=O)N(Cc2ccccn2)C(=O)N3CCc2ccccc2)C1. The standard InChI is InChI=1S/C29H38N4O2/c1-28(2)14-8-12-25(21-28)31-19-15-29(16-20-31)26(34)32(22-24-11-6-7-17-30-24)27(35)33(29)18-13-23-9-4-3-5-10-23/h3-7,9-11,17,25H,8,12-16,18-22H2,1-2H3/t25-/m0/s1. The molecule has 3 fully saturated rings. The molecule has 2 saturated heterocycles. The Morgan fingerprint density at radius 1 is 0.971 bits per heavy atom. The molecule has 35 heavy (non-hydrogen) atoms. The number of carbonyl (C=O) groups is 2. The Morgan fingerprint density at radius 2 is 1.71 bits per heavy atom. The maximum atomic E-state index is 13.9. The van der Waals surface area contributed by atoms with Gasteiger partial charge in [0.25, 0.3) is 5.91 Å². The molecule has 1 aromatic heterocycles. The minimum Gasteiger partial charge on any atom is -0.309 e. The Balaban J connectivity index is 1.35. The molecule has 5 rings (SSSR count). The van der Waals surface area contributed by atoms with Gasteiger partial charge in [-0.15, -0.1) is 0 Å². The van der Waals surface area contributed by atoms with E-state index in [1.54, 1.807) is 6.20 Å². The van der Waals surface area contributed by atoms with Gasteiger partial charge in [-0.05, 0) is 61.6 Å². The summed E-state index contributed by atoms with van der Waals surface area (Å²) in [5.74, 6) is -0.0372. The van der Waals surface area contributed by atoms with Crippen molar-refractivity contribution in [2.45, 2.75) is 76.9 Å². The Kier molecular flexibility index (Phi) is 6.67. The second-order valence-electron chi connectivity index (χ2n) is 11.4. The third-order valence-electron chi connectivity index (χ3n) is 8.46. The summed E-state index contributed by atoms with van der Waals surface area (Å²) < 4.78 is 0. The lowest BCUT2D eigenvalue weighted by Crippen LogP contribution is -2.58. The first-order chi connectivity index (χ1) is 16.9. The molecule has 3 amide bonds. The molecular formula is C29H38N4O2. The lowest BCUT2D eigenvalue weighted by atomic mass is 9.74. The number of carbonyl (C=O) groups excluding carboxylic acids is 2. The molecule has 0 radical (unpaired) electrons. The molecule has 1 saturated carbocycles. The lowest BCUT2D eigenvalue weighted by Gasteiger charge is -2.47. The highest BCUT2D eigenvalue weighted by atomic mass is 16.2. The van der Waals surface area contributed by atoms with Crippen molar-refractivity contribution >= 4 is 11.9 Å². The van der Waals surface area contributed by atoms with E-state index in [2.05, 4.69) is 35.9 Å². The number of piperidine rings is 1. The van der Waals surface area contributed by atoms with Gasteiger partial charge in [-0.1, -0.05) is 56.7 Å². The summed E-state index contributed by atoms with van der Waals surface area (Å²) in [6.07, 6.45) is 8.92. The highest BCUT2D eigenvalue weighted by molar-refractivity contribution is 6.07. The van der Waals surface area contributed by atoms with E-state index >= 15 is 0 Å². The number of amides is 3. The minimum absolute atomic E-state index is 0.0372. The monoisotopic (exact) mass is 474 g/mol. The molecule has 186 valence electrons. The summed E-state index contributed by atoms with van der Waals surface area (Å²) in [6, 6.07) is 16.3. The van der Waals surface area contributed by atoms with E-state index in [0.29, 0.717) is 30.8 Å². The Hall–Kier alpha value is -2.73. The largest absolute Gasteiger partial charge is 0.328 e. The zero-order valence-electron chi connectivity index (χ0n) is 21.2. The molecule has 6 nitrogen and oxygen atoms in total. The van der Waals surface area contributed by atoms with Crippen molar-refractivity contribution in [2.75, 3.05) is 19.6 Å². The van der Waals surface area contributed by atoms with E-state index in [4.69, 9.17) is 0 Å². The Bertz CT molecular complexity index is 1030. The van der Waals surface area contributed by atoms with Crippen LogP contribution in [0.4, 0.5) is 4.79 Å². The summed E-state index contributed by atoms with van der Waals surface area (Å²) >= 11 is 0. The zero-order chi connectivity index (χ0) is 24.5. The average Bonchev–Trinajstić information content (AvgIpc) is 3.05. The van der Waals surface area contributed by atoms with Crippen molar-refractivity contribution in [1.29, 1.82) is 0 Å². The highest BCUT2D eigenvalue weighted by Gasteiger charge is 2.58. The Labute approximate surface area is 209 Å². The number of benzene rings is 1. The average molecular weight is 475 g/mol. The molecule has 3 heterocycles. The fraction of sp³-hybridized carbons (Fsp3) is 0.552. The molecule has 6 heteroatoms. The summed E-state index contributed by atoms with van der Waals surface area (Å²) in [6.45, 7) is 7.31. The van der Waals surface area contributed by atoms with Crippen LogP contribution >= 0.6 is 0 Å². The third-order valence-corrected chi connectivity index (χ3v) is 8.46. The van der Waals surface area contributed by atoms with Crippen molar-refractivity contribution in [1.82, 2.24) is 19.7 Å². The van der Waals surface area contributed by atoms with Crippen LogP contribution in [-0.4, -0.2) is 62.8 Å². The molecule has 2 aromatic rings.